The zero-order valence-electron chi connectivity index (χ0n) is 10.9. The van der Waals surface area contributed by atoms with Gasteiger partial charge in [-0.1, -0.05) is 15.9 Å². The second kappa shape index (κ2) is 5.27. The van der Waals surface area contributed by atoms with Crippen LogP contribution in [-0.2, 0) is 0 Å². The Kier molecular flexibility index (Phi) is 4.09. The normalized spacial score (nSPS) is 19.2. The van der Waals surface area contributed by atoms with Crippen molar-refractivity contribution in [1.82, 2.24) is 4.90 Å². The molecule has 18 heavy (non-hydrogen) atoms. The lowest BCUT2D eigenvalue weighted by molar-refractivity contribution is 0.122. The number of benzene rings is 1. The fraction of sp³-hybridized carbons (Fsp3) is 0.571. The van der Waals surface area contributed by atoms with Crippen LogP contribution in [0.15, 0.2) is 22.7 Å². The summed E-state index contributed by atoms with van der Waals surface area (Å²) in [4.78, 5) is 2.36. The first-order valence-electron chi connectivity index (χ1n) is 6.38. The maximum Gasteiger partial charge on any atom is 0.128 e. The van der Waals surface area contributed by atoms with Gasteiger partial charge in [0.25, 0.3) is 0 Å². The molecule has 2 N–H and O–H groups in total. The minimum Gasteiger partial charge on any atom is -0.322 e. The average molecular weight is 315 g/mol. The van der Waals surface area contributed by atoms with Crippen LogP contribution in [0.25, 0.3) is 0 Å². The van der Waals surface area contributed by atoms with E-state index in [1.165, 1.54) is 18.9 Å². The molecule has 0 aliphatic carbocycles. The molecule has 1 aliphatic heterocycles. The van der Waals surface area contributed by atoms with Gasteiger partial charge in [0.05, 0.1) is 6.04 Å². The van der Waals surface area contributed by atoms with E-state index >= 15 is 0 Å². The van der Waals surface area contributed by atoms with Gasteiger partial charge in [0.15, 0.2) is 0 Å². The van der Waals surface area contributed by atoms with E-state index in [4.69, 9.17) is 5.73 Å². The molecular formula is C14H20BrFN2. The molecule has 0 spiro atoms. The fourth-order valence-electron chi connectivity index (χ4n) is 2.62. The number of halogens is 2. The number of rotatable bonds is 3. The number of nitrogens with zero attached hydrogens (tertiary/aromatic N) is 1. The third-order valence-corrected chi connectivity index (χ3v) is 4.47. The van der Waals surface area contributed by atoms with E-state index in [0.29, 0.717) is 5.56 Å². The van der Waals surface area contributed by atoms with E-state index in [1.54, 1.807) is 12.1 Å². The summed E-state index contributed by atoms with van der Waals surface area (Å²) in [5, 5.41) is 0. The quantitative estimate of drug-likeness (QED) is 0.925. The first-order valence-corrected chi connectivity index (χ1v) is 7.18. The van der Waals surface area contributed by atoms with Gasteiger partial charge in [0, 0.05) is 15.6 Å². The molecular weight excluding hydrogens is 295 g/mol. The fourth-order valence-corrected chi connectivity index (χ4v) is 3.00. The van der Waals surface area contributed by atoms with E-state index in [-0.39, 0.29) is 17.4 Å². The van der Waals surface area contributed by atoms with Crippen LogP contribution in [0.5, 0.6) is 0 Å². The van der Waals surface area contributed by atoms with Crippen molar-refractivity contribution in [2.75, 3.05) is 13.1 Å². The van der Waals surface area contributed by atoms with E-state index in [2.05, 4.69) is 34.7 Å². The molecule has 2 nitrogen and oxygen atoms in total. The highest BCUT2D eigenvalue weighted by atomic mass is 79.9. The van der Waals surface area contributed by atoms with Gasteiger partial charge in [-0.2, -0.15) is 0 Å². The van der Waals surface area contributed by atoms with Crippen molar-refractivity contribution in [3.8, 4) is 0 Å². The maximum absolute atomic E-state index is 13.9. The monoisotopic (exact) mass is 314 g/mol. The molecule has 100 valence electrons. The molecule has 0 radical (unpaired) electrons. The first-order chi connectivity index (χ1) is 8.43. The Bertz CT molecular complexity index is 428. The van der Waals surface area contributed by atoms with Crippen LogP contribution in [0, 0.1) is 5.82 Å². The third kappa shape index (κ3) is 2.60. The zero-order valence-corrected chi connectivity index (χ0v) is 12.5. The summed E-state index contributed by atoms with van der Waals surface area (Å²) < 4.78 is 14.8. The van der Waals surface area contributed by atoms with Crippen molar-refractivity contribution >= 4 is 15.9 Å². The van der Waals surface area contributed by atoms with E-state index < -0.39 is 0 Å². The topological polar surface area (TPSA) is 29.3 Å². The van der Waals surface area contributed by atoms with E-state index in [9.17, 15) is 4.39 Å². The van der Waals surface area contributed by atoms with Crippen molar-refractivity contribution in [3.63, 3.8) is 0 Å². The van der Waals surface area contributed by atoms with E-state index in [0.717, 1.165) is 17.6 Å². The molecule has 1 aromatic rings. The summed E-state index contributed by atoms with van der Waals surface area (Å²) in [6.45, 7) is 6.30. The molecule has 1 heterocycles. The van der Waals surface area contributed by atoms with Crippen LogP contribution in [0.2, 0.25) is 0 Å². The predicted molar refractivity (Wildman–Crippen MR) is 75.9 cm³/mol. The minimum atomic E-state index is -0.326. The molecule has 0 aromatic heterocycles. The molecule has 4 heteroatoms. The number of nitrogens with two attached hydrogens (primary N) is 1. The molecule has 2 rings (SSSR count). The SMILES string of the molecule is CC(C)(C(N)c1cc(Br)ccc1F)N1CCCC1. The summed E-state index contributed by atoms with van der Waals surface area (Å²) in [6.07, 6.45) is 2.41. The highest BCUT2D eigenvalue weighted by molar-refractivity contribution is 9.10. The standard InChI is InChI=1S/C14H20BrFN2/c1-14(2,18-7-3-4-8-18)13(17)11-9-10(15)5-6-12(11)16/h5-6,9,13H,3-4,7-8,17H2,1-2H3. The Balaban J connectivity index is 2.28. The van der Waals surface area contributed by atoms with Gasteiger partial charge < -0.3 is 5.73 Å². The van der Waals surface area contributed by atoms with E-state index in [1.807, 2.05) is 0 Å². The highest BCUT2D eigenvalue weighted by Crippen LogP contribution is 2.33. The zero-order chi connectivity index (χ0) is 13.3. The van der Waals surface area contributed by atoms with Crippen molar-refractivity contribution in [2.45, 2.75) is 38.3 Å². The second-order valence-electron chi connectivity index (χ2n) is 5.49. The van der Waals surface area contributed by atoms with Gasteiger partial charge >= 0.3 is 0 Å². The highest BCUT2D eigenvalue weighted by Gasteiger charge is 2.36. The Morgan fingerprint density at radius 2 is 1.94 bits per heavy atom. The smallest absolute Gasteiger partial charge is 0.128 e. The van der Waals surface area contributed by atoms with Crippen LogP contribution in [0.3, 0.4) is 0 Å². The molecule has 1 aliphatic rings. The summed E-state index contributed by atoms with van der Waals surface area (Å²) in [5.41, 5.74) is 6.68. The van der Waals surface area contributed by atoms with Crippen LogP contribution >= 0.6 is 15.9 Å². The van der Waals surface area contributed by atoms with Crippen molar-refractivity contribution in [1.29, 1.82) is 0 Å². The Morgan fingerprint density at radius 3 is 2.56 bits per heavy atom. The third-order valence-electron chi connectivity index (χ3n) is 3.98. The van der Waals surface area contributed by atoms with Gasteiger partial charge in [-0.15, -0.1) is 0 Å². The number of likely N-dealkylation sites (tertiary alicyclic amines) is 1. The molecule has 0 saturated carbocycles. The second-order valence-corrected chi connectivity index (χ2v) is 6.41. The van der Waals surface area contributed by atoms with Gasteiger partial charge in [0.2, 0.25) is 0 Å². The molecule has 1 unspecified atom stereocenters. The number of hydrogen-bond acceptors (Lipinski definition) is 2. The average Bonchev–Trinajstić information content (AvgIpc) is 2.85. The molecule has 1 aromatic carbocycles. The lowest BCUT2D eigenvalue weighted by atomic mass is 9.87. The number of hydrogen-bond donors (Lipinski definition) is 1. The van der Waals surface area contributed by atoms with Crippen LogP contribution in [0.4, 0.5) is 4.39 Å². The maximum atomic E-state index is 13.9. The van der Waals surface area contributed by atoms with Crippen molar-refractivity contribution in [3.05, 3.63) is 34.1 Å². The van der Waals surface area contributed by atoms with Crippen LogP contribution in [-0.4, -0.2) is 23.5 Å². The van der Waals surface area contributed by atoms with Crippen LogP contribution < -0.4 is 5.73 Å². The largest absolute Gasteiger partial charge is 0.322 e. The molecule has 1 saturated heterocycles. The first kappa shape index (κ1) is 14.0. The molecule has 1 atom stereocenters. The minimum absolute atomic E-state index is 0.224. The lowest BCUT2D eigenvalue weighted by Crippen LogP contribution is -2.50. The van der Waals surface area contributed by atoms with Gasteiger partial charge in [-0.25, -0.2) is 4.39 Å². The van der Waals surface area contributed by atoms with Crippen molar-refractivity contribution < 1.29 is 4.39 Å². The Hall–Kier alpha value is -0.450. The molecule has 0 bridgehead atoms. The summed E-state index contributed by atoms with van der Waals surface area (Å²) in [6, 6.07) is 4.64. The summed E-state index contributed by atoms with van der Waals surface area (Å²) >= 11 is 3.38. The lowest BCUT2D eigenvalue weighted by Gasteiger charge is -2.40. The summed E-state index contributed by atoms with van der Waals surface area (Å²) in [5.74, 6) is -0.224. The predicted octanol–water partition coefficient (Wildman–Crippen LogP) is 3.46. The summed E-state index contributed by atoms with van der Waals surface area (Å²) in [7, 11) is 0. The Morgan fingerprint density at radius 1 is 1.33 bits per heavy atom. The molecule has 1 fully saturated rings. The van der Waals surface area contributed by atoms with Crippen molar-refractivity contribution in [2.24, 2.45) is 5.73 Å². The van der Waals surface area contributed by atoms with Gasteiger partial charge in [-0.05, 0) is 58.0 Å². The van der Waals surface area contributed by atoms with Gasteiger partial charge in [0.1, 0.15) is 5.82 Å². The van der Waals surface area contributed by atoms with Crippen LogP contribution in [0.1, 0.15) is 38.3 Å². The van der Waals surface area contributed by atoms with Gasteiger partial charge in [-0.3, -0.25) is 4.90 Å². The Labute approximate surface area is 116 Å². The molecule has 0 amide bonds.